The smallest absolute Gasteiger partial charge is 0.237 e. The van der Waals surface area contributed by atoms with E-state index in [9.17, 15) is 4.79 Å². The van der Waals surface area contributed by atoms with Gasteiger partial charge in [-0.2, -0.15) is 0 Å². The maximum Gasteiger partial charge on any atom is 0.237 e. The molecule has 4 heteroatoms. The highest BCUT2D eigenvalue weighted by molar-refractivity contribution is 5.84. The average molecular weight is 253 g/mol. The fourth-order valence-corrected chi connectivity index (χ4v) is 2.82. The Morgan fingerprint density at radius 3 is 2.72 bits per heavy atom. The molecule has 2 unspecified atom stereocenters. The number of primary amides is 1. The van der Waals surface area contributed by atoms with Crippen LogP contribution in [0, 0.1) is 5.92 Å². The van der Waals surface area contributed by atoms with Crippen molar-refractivity contribution in [2.24, 2.45) is 11.7 Å². The summed E-state index contributed by atoms with van der Waals surface area (Å²) in [5.74, 6) is 0.578. The number of piperidine rings is 1. The number of hydrogen-bond acceptors (Lipinski definition) is 3. The molecular formula is C14H27N3O. The van der Waals surface area contributed by atoms with Crippen molar-refractivity contribution in [1.29, 1.82) is 0 Å². The van der Waals surface area contributed by atoms with Crippen LogP contribution in [0.2, 0.25) is 0 Å². The Labute approximate surface area is 110 Å². The number of nitrogens with two attached hydrogens (primary N) is 1. The molecule has 0 spiro atoms. The first-order valence-corrected chi connectivity index (χ1v) is 7.29. The quantitative estimate of drug-likeness (QED) is 0.745. The summed E-state index contributed by atoms with van der Waals surface area (Å²) in [4.78, 5) is 14.1. The summed E-state index contributed by atoms with van der Waals surface area (Å²) < 4.78 is 0. The molecule has 2 fully saturated rings. The summed E-state index contributed by atoms with van der Waals surface area (Å²) >= 11 is 0. The van der Waals surface area contributed by atoms with Crippen molar-refractivity contribution in [3.05, 3.63) is 0 Å². The van der Waals surface area contributed by atoms with E-state index in [1.54, 1.807) is 0 Å². The van der Waals surface area contributed by atoms with E-state index < -0.39 is 5.54 Å². The summed E-state index contributed by atoms with van der Waals surface area (Å²) in [7, 11) is 0. The number of carbonyl (C=O) groups is 1. The zero-order valence-corrected chi connectivity index (χ0v) is 11.7. The number of amides is 1. The van der Waals surface area contributed by atoms with Gasteiger partial charge in [-0.25, -0.2) is 0 Å². The topological polar surface area (TPSA) is 58.4 Å². The lowest BCUT2D eigenvalue weighted by atomic mass is 9.94. The molecule has 4 nitrogen and oxygen atoms in total. The van der Waals surface area contributed by atoms with E-state index in [1.165, 1.54) is 32.2 Å². The molecule has 0 aromatic heterocycles. The second-order valence-corrected chi connectivity index (χ2v) is 6.41. The lowest BCUT2D eigenvalue weighted by molar-refractivity contribution is -0.124. The van der Waals surface area contributed by atoms with Gasteiger partial charge >= 0.3 is 0 Å². The molecule has 0 bridgehead atoms. The average Bonchev–Trinajstić information content (AvgIpc) is 3.10. The molecular weight excluding hydrogens is 226 g/mol. The maximum atomic E-state index is 11.7. The highest BCUT2D eigenvalue weighted by Gasteiger charge is 2.37. The standard InChI is InChI=1S/C14H27N3O/c1-11-4-3-8-17(10-11)9-7-14(2,13(15)18)16-12-5-6-12/h11-12,16H,3-10H2,1-2H3,(H2,15,18). The van der Waals surface area contributed by atoms with Crippen LogP contribution < -0.4 is 11.1 Å². The van der Waals surface area contributed by atoms with E-state index in [-0.39, 0.29) is 5.91 Å². The molecule has 3 N–H and O–H groups in total. The lowest BCUT2D eigenvalue weighted by Crippen LogP contribution is -2.55. The van der Waals surface area contributed by atoms with Crippen LogP contribution in [0.25, 0.3) is 0 Å². The van der Waals surface area contributed by atoms with Crippen LogP contribution in [0.4, 0.5) is 0 Å². The number of carbonyl (C=O) groups excluding carboxylic acids is 1. The monoisotopic (exact) mass is 253 g/mol. The number of likely N-dealkylation sites (tertiary alicyclic amines) is 1. The molecule has 1 aliphatic carbocycles. The largest absolute Gasteiger partial charge is 0.368 e. The van der Waals surface area contributed by atoms with Gasteiger partial charge in [0.05, 0.1) is 5.54 Å². The van der Waals surface area contributed by atoms with Crippen molar-refractivity contribution in [2.45, 2.75) is 57.5 Å². The van der Waals surface area contributed by atoms with Crippen LogP contribution >= 0.6 is 0 Å². The summed E-state index contributed by atoms with van der Waals surface area (Å²) in [6.07, 6.45) is 5.81. The van der Waals surface area contributed by atoms with Gasteiger partial charge in [-0.05, 0) is 51.5 Å². The molecule has 18 heavy (non-hydrogen) atoms. The van der Waals surface area contributed by atoms with Gasteiger partial charge < -0.3 is 16.0 Å². The maximum absolute atomic E-state index is 11.7. The Kier molecular flexibility index (Phi) is 4.28. The van der Waals surface area contributed by atoms with Crippen LogP contribution in [0.15, 0.2) is 0 Å². The van der Waals surface area contributed by atoms with Crippen molar-refractivity contribution < 1.29 is 4.79 Å². The van der Waals surface area contributed by atoms with Gasteiger partial charge in [-0.3, -0.25) is 4.79 Å². The Hall–Kier alpha value is -0.610. The second kappa shape index (κ2) is 5.57. The van der Waals surface area contributed by atoms with E-state index in [4.69, 9.17) is 5.73 Å². The second-order valence-electron chi connectivity index (χ2n) is 6.41. The van der Waals surface area contributed by atoms with E-state index >= 15 is 0 Å². The third-order valence-corrected chi connectivity index (χ3v) is 4.31. The third-order valence-electron chi connectivity index (χ3n) is 4.31. The van der Waals surface area contributed by atoms with Gasteiger partial charge in [-0.1, -0.05) is 6.92 Å². The predicted molar refractivity (Wildman–Crippen MR) is 73.2 cm³/mol. The summed E-state index contributed by atoms with van der Waals surface area (Å²) in [5.41, 5.74) is 5.04. The Balaban J connectivity index is 1.82. The molecule has 1 heterocycles. The van der Waals surface area contributed by atoms with Crippen molar-refractivity contribution in [1.82, 2.24) is 10.2 Å². The molecule has 0 aromatic carbocycles. The Bertz CT molecular complexity index is 303. The minimum Gasteiger partial charge on any atom is -0.368 e. The van der Waals surface area contributed by atoms with Crippen LogP contribution in [-0.2, 0) is 4.79 Å². The fourth-order valence-electron chi connectivity index (χ4n) is 2.82. The highest BCUT2D eigenvalue weighted by Crippen LogP contribution is 2.25. The molecule has 2 aliphatic rings. The molecule has 1 aliphatic heterocycles. The first-order valence-electron chi connectivity index (χ1n) is 7.29. The SMILES string of the molecule is CC1CCCN(CCC(C)(NC2CC2)C(N)=O)C1. The van der Waals surface area contributed by atoms with Crippen LogP contribution in [0.1, 0.15) is 46.0 Å². The number of rotatable bonds is 6. The van der Waals surface area contributed by atoms with Crippen LogP contribution in [-0.4, -0.2) is 42.0 Å². The van der Waals surface area contributed by atoms with Gasteiger partial charge in [-0.15, -0.1) is 0 Å². The molecule has 0 radical (unpaired) electrons. The first kappa shape index (κ1) is 13.8. The van der Waals surface area contributed by atoms with Crippen molar-refractivity contribution in [3.63, 3.8) is 0 Å². The fraction of sp³-hybridized carbons (Fsp3) is 0.929. The number of nitrogens with one attached hydrogen (secondary N) is 1. The number of nitrogens with zero attached hydrogens (tertiary/aromatic N) is 1. The molecule has 0 aromatic rings. The van der Waals surface area contributed by atoms with Crippen molar-refractivity contribution in [3.8, 4) is 0 Å². The molecule has 1 saturated carbocycles. The summed E-state index contributed by atoms with van der Waals surface area (Å²) in [6, 6.07) is 0.516. The Morgan fingerprint density at radius 2 is 2.17 bits per heavy atom. The van der Waals surface area contributed by atoms with E-state index in [1.807, 2.05) is 6.92 Å². The zero-order chi connectivity index (χ0) is 13.2. The molecule has 2 rings (SSSR count). The normalized spacial score (nSPS) is 28.9. The van der Waals surface area contributed by atoms with E-state index in [2.05, 4.69) is 17.1 Å². The first-order chi connectivity index (χ1) is 8.49. The minimum absolute atomic E-state index is 0.209. The van der Waals surface area contributed by atoms with Crippen molar-refractivity contribution >= 4 is 5.91 Å². The summed E-state index contributed by atoms with van der Waals surface area (Å²) in [6.45, 7) is 7.58. The summed E-state index contributed by atoms with van der Waals surface area (Å²) in [5, 5.41) is 3.42. The lowest BCUT2D eigenvalue weighted by Gasteiger charge is -2.34. The predicted octanol–water partition coefficient (Wildman–Crippen LogP) is 1.10. The van der Waals surface area contributed by atoms with Crippen molar-refractivity contribution in [2.75, 3.05) is 19.6 Å². The van der Waals surface area contributed by atoms with Gasteiger partial charge in [0.25, 0.3) is 0 Å². The van der Waals surface area contributed by atoms with Gasteiger partial charge in [0.15, 0.2) is 0 Å². The Morgan fingerprint density at radius 1 is 1.44 bits per heavy atom. The van der Waals surface area contributed by atoms with Gasteiger partial charge in [0.1, 0.15) is 0 Å². The zero-order valence-electron chi connectivity index (χ0n) is 11.7. The van der Waals surface area contributed by atoms with E-state index in [0.29, 0.717) is 6.04 Å². The van der Waals surface area contributed by atoms with Crippen LogP contribution in [0.5, 0.6) is 0 Å². The van der Waals surface area contributed by atoms with Gasteiger partial charge in [0, 0.05) is 19.1 Å². The molecule has 2 atom stereocenters. The number of hydrogen-bond donors (Lipinski definition) is 2. The molecule has 1 amide bonds. The highest BCUT2D eigenvalue weighted by atomic mass is 16.1. The van der Waals surface area contributed by atoms with Gasteiger partial charge in [0.2, 0.25) is 5.91 Å². The molecule has 1 saturated heterocycles. The van der Waals surface area contributed by atoms with Crippen LogP contribution in [0.3, 0.4) is 0 Å². The van der Waals surface area contributed by atoms with E-state index in [0.717, 1.165) is 25.4 Å². The minimum atomic E-state index is -0.526. The molecule has 104 valence electrons. The third kappa shape index (κ3) is 3.69.